The first kappa shape index (κ1) is 23.7. The monoisotopic (exact) mass is 392 g/mol. The standard InChI is InChI=1S/C29H44/c1-2-3-4-5-6-7-8-9-10-11-12-13-14-15-16-17-18-21-27-24-25-28-22-19-20-23-29(28)26-27/h7-8,19-20,22-26H,2-6,9-18,21H2,1H3/b8-7+. The summed E-state index contributed by atoms with van der Waals surface area (Å²) in [5.41, 5.74) is 1.50. The molecule has 0 N–H and O–H groups in total. The van der Waals surface area contributed by atoms with Crippen molar-refractivity contribution in [2.75, 3.05) is 0 Å². The van der Waals surface area contributed by atoms with Crippen molar-refractivity contribution in [1.82, 2.24) is 0 Å². The molecule has 0 aliphatic carbocycles. The summed E-state index contributed by atoms with van der Waals surface area (Å²) in [4.78, 5) is 0. The van der Waals surface area contributed by atoms with Crippen LogP contribution in [0.1, 0.15) is 109 Å². The summed E-state index contributed by atoms with van der Waals surface area (Å²) in [5.74, 6) is 0. The third-order valence-electron chi connectivity index (χ3n) is 6.04. The highest BCUT2D eigenvalue weighted by Gasteiger charge is 1.97. The van der Waals surface area contributed by atoms with Crippen molar-refractivity contribution < 1.29 is 0 Å². The molecule has 0 heteroatoms. The number of rotatable bonds is 17. The SMILES string of the molecule is CCCCCC/C=C/CCCCCCCCCCCc1ccc2ccccc2c1. The molecule has 0 aliphatic rings. The Bertz CT molecular complexity index is 667. The van der Waals surface area contributed by atoms with Gasteiger partial charge in [0.2, 0.25) is 0 Å². The van der Waals surface area contributed by atoms with E-state index >= 15 is 0 Å². The molecule has 0 aliphatic heterocycles. The Morgan fingerprint density at radius 3 is 1.76 bits per heavy atom. The van der Waals surface area contributed by atoms with Crippen molar-refractivity contribution in [1.29, 1.82) is 0 Å². The van der Waals surface area contributed by atoms with Crippen molar-refractivity contribution in [2.45, 2.75) is 110 Å². The number of hydrogen-bond acceptors (Lipinski definition) is 0. The zero-order valence-corrected chi connectivity index (χ0v) is 19.0. The van der Waals surface area contributed by atoms with Gasteiger partial charge < -0.3 is 0 Å². The zero-order valence-electron chi connectivity index (χ0n) is 19.0. The quantitative estimate of drug-likeness (QED) is 0.185. The average molecular weight is 393 g/mol. The number of fused-ring (bicyclic) bond motifs is 1. The van der Waals surface area contributed by atoms with Crippen LogP contribution in [0.5, 0.6) is 0 Å². The predicted molar refractivity (Wildman–Crippen MR) is 132 cm³/mol. The van der Waals surface area contributed by atoms with Gasteiger partial charge in [-0.2, -0.15) is 0 Å². The van der Waals surface area contributed by atoms with Crippen LogP contribution in [-0.2, 0) is 6.42 Å². The fraction of sp³-hybridized carbons (Fsp3) is 0.586. The van der Waals surface area contributed by atoms with Gasteiger partial charge in [0.15, 0.2) is 0 Å². The molecule has 2 rings (SSSR count). The minimum absolute atomic E-state index is 1.23. The molecule has 0 spiro atoms. The van der Waals surface area contributed by atoms with E-state index in [1.807, 2.05) is 0 Å². The highest BCUT2D eigenvalue weighted by molar-refractivity contribution is 5.82. The maximum absolute atomic E-state index is 2.42. The van der Waals surface area contributed by atoms with E-state index in [0.717, 1.165) is 0 Å². The van der Waals surface area contributed by atoms with Gasteiger partial charge in [0.1, 0.15) is 0 Å². The van der Waals surface area contributed by atoms with Gasteiger partial charge in [-0.25, -0.2) is 0 Å². The molecule has 2 aromatic rings. The lowest BCUT2D eigenvalue weighted by molar-refractivity contribution is 0.560. The first-order valence-electron chi connectivity index (χ1n) is 12.5. The Morgan fingerprint density at radius 2 is 1.10 bits per heavy atom. The molecule has 0 nitrogen and oxygen atoms in total. The van der Waals surface area contributed by atoms with Crippen LogP contribution in [-0.4, -0.2) is 0 Å². The third-order valence-corrected chi connectivity index (χ3v) is 6.04. The summed E-state index contributed by atoms with van der Waals surface area (Å²) in [7, 11) is 0. The molecule has 0 amide bonds. The van der Waals surface area contributed by atoms with E-state index in [1.165, 1.54) is 119 Å². The Morgan fingerprint density at radius 1 is 0.552 bits per heavy atom. The van der Waals surface area contributed by atoms with Crippen LogP contribution in [0.4, 0.5) is 0 Å². The lowest BCUT2D eigenvalue weighted by Crippen LogP contribution is -1.87. The minimum Gasteiger partial charge on any atom is -0.0885 e. The Balaban J connectivity index is 1.36. The fourth-order valence-corrected chi connectivity index (χ4v) is 4.15. The highest BCUT2D eigenvalue weighted by Crippen LogP contribution is 2.18. The molecule has 29 heavy (non-hydrogen) atoms. The molecule has 2 aromatic carbocycles. The number of allylic oxidation sites excluding steroid dienone is 2. The zero-order chi connectivity index (χ0) is 20.4. The van der Waals surface area contributed by atoms with E-state index in [2.05, 4.69) is 61.5 Å². The van der Waals surface area contributed by atoms with Gasteiger partial charge in [0.05, 0.1) is 0 Å². The minimum atomic E-state index is 1.23. The average Bonchev–Trinajstić information content (AvgIpc) is 2.76. The summed E-state index contributed by atoms with van der Waals surface area (Å²) in [6.07, 6.45) is 26.8. The highest BCUT2D eigenvalue weighted by atomic mass is 14.0. The van der Waals surface area contributed by atoms with Crippen molar-refractivity contribution in [2.24, 2.45) is 0 Å². The summed E-state index contributed by atoms with van der Waals surface area (Å²) < 4.78 is 0. The Kier molecular flexibility index (Phi) is 13.3. The maximum atomic E-state index is 2.42. The molecule has 0 aromatic heterocycles. The summed E-state index contributed by atoms with van der Waals surface area (Å²) >= 11 is 0. The van der Waals surface area contributed by atoms with Crippen LogP contribution < -0.4 is 0 Å². The van der Waals surface area contributed by atoms with Crippen LogP contribution in [0.3, 0.4) is 0 Å². The van der Waals surface area contributed by atoms with Crippen molar-refractivity contribution in [3.8, 4) is 0 Å². The van der Waals surface area contributed by atoms with Gasteiger partial charge in [0.25, 0.3) is 0 Å². The second-order valence-electron chi connectivity index (χ2n) is 8.72. The van der Waals surface area contributed by atoms with E-state index < -0.39 is 0 Å². The number of benzene rings is 2. The largest absolute Gasteiger partial charge is 0.0885 e. The van der Waals surface area contributed by atoms with Crippen LogP contribution >= 0.6 is 0 Å². The van der Waals surface area contributed by atoms with E-state index in [-0.39, 0.29) is 0 Å². The first-order valence-corrected chi connectivity index (χ1v) is 12.5. The van der Waals surface area contributed by atoms with Crippen molar-refractivity contribution in [3.05, 3.63) is 60.2 Å². The summed E-state index contributed by atoms with van der Waals surface area (Å²) in [6, 6.07) is 15.6. The van der Waals surface area contributed by atoms with E-state index in [4.69, 9.17) is 0 Å². The molecular formula is C29H44. The fourth-order valence-electron chi connectivity index (χ4n) is 4.15. The molecule has 0 saturated carbocycles. The van der Waals surface area contributed by atoms with Crippen LogP contribution in [0.25, 0.3) is 10.8 Å². The van der Waals surface area contributed by atoms with Gasteiger partial charge in [-0.15, -0.1) is 0 Å². The van der Waals surface area contributed by atoms with Gasteiger partial charge in [-0.05, 0) is 54.9 Å². The molecule has 160 valence electrons. The maximum Gasteiger partial charge on any atom is -0.0181 e. The second-order valence-corrected chi connectivity index (χ2v) is 8.72. The molecular weight excluding hydrogens is 348 g/mol. The van der Waals surface area contributed by atoms with Crippen LogP contribution in [0, 0.1) is 0 Å². The van der Waals surface area contributed by atoms with Gasteiger partial charge in [0, 0.05) is 0 Å². The normalized spacial score (nSPS) is 11.6. The van der Waals surface area contributed by atoms with Crippen LogP contribution in [0.15, 0.2) is 54.6 Å². The molecule has 0 fully saturated rings. The molecule has 0 unspecified atom stereocenters. The summed E-state index contributed by atoms with van der Waals surface area (Å²) in [6.45, 7) is 2.28. The first-order chi connectivity index (χ1) is 14.4. The number of unbranched alkanes of at least 4 members (excludes halogenated alkanes) is 13. The molecule has 0 saturated heterocycles. The summed E-state index contributed by atoms with van der Waals surface area (Å²) in [5, 5.41) is 2.74. The molecule has 0 radical (unpaired) electrons. The molecule has 0 atom stereocenters. The smallest absolute Gasteiger partial charge is 0.0181 e. The second kappa shape index (κ2) is 16.3. The van der Waals surface area contributed by atoms with Crippen molar-refractivity contribution >= 4 is 10.8 Å². The number of hydrogen-bond donors (Lipinski definition) is 0. The topological polar surface area (TPSA) is 0 Å². The van der Waals surface area contributed by atoms with E-state index in [0.29, 0.717) is 0 Å². The molecule has 0 bridgehead atoms. The Hall–Kier alpha value is -1.56. The van der Waals surface area contributed by atoms with Gasteiger partial charge in [-0.3, -0.25) is 0 Å². The Labute approximate surface area is 180 Å². The lowest BCUT2D eigenvalue weighted by atomic mass is 10.0. The van der Waals surface area contributed by atoms with E-state index in [9.17, 15) is 0 Å². The lowest BCUT2D eigenvalue weighted by Gasteiger charge is -2.05. The van der Waals surface area contributed by atoms with Crippen LogP contribution in [0.2, 0.25) is 0 Å². The number of aryl methyl sites for hydroxylation is 1. The third kappa shape index (κ3) is 11.3. The van der Waals surface area contributed by atoms with Gasteiger partial charge in [-0.1, -0.05) is 126 Å². The predicted octanol–water partition coefficient (Wildman–Crippen LogP) is 9.81. The van der Waals surface area contributed by atoms with Gasteiger partial charge >= 0.3 is 0 Å². The van der Waals surface area contributed by atoms with Crippen molar-refractivity contribution in [3.63, 3.8) is 0 Å². The van der Waals surface area contributed by atoms with E-state index in [1.54, 1.807) is 0 Å². The molecule has 0 heterocycles.